The second-order valence-corrected chi connectivity index (χ2v) is 10.5. The Bertz CT molecular complexity index is 947. The number of hydrogen-bond donors (Lipinski definition) is 0. The summed E-state index contributed by atoms with van der Waals surface area (Å²) in [4.78, 5) is 14.4. The van der Waals surface area contributed by atoms with Gasteiger partial charge in [0.2, 0.25) is 0 Å². The van der Waals surface area contributed by atoms with E-state index in [4.69, 9.17) is 14.2 Å². The molecule has 180 valence electrons. The molecule has 0 unspecified atom stereocenters. The van der Waals surface area contributed by atoms with E-state index in [1.807, 2.05) is 32.0 Å². The molecule has 1 saturated heterocycles. The number of nitrogens with zero attached hydrogens (tertiary/aromatic N) is 3. The number of amides is 1. The first-order chi connectivity index (χ1) is 15.6. The highest BCUT2D eigenvalue weighted by Crippen LogP contribution is 2.64. The van der Waals surface area contributed by atoms with E-state index < -0.39 is 0 Å². The molecule has 0 N–H and O–H groups in total. The van der Waals surface area contributed by atoms with Gasteiger partial charge in [0, 0.05) is 24.2 Å². The van der Waals surface area contributed by atoms with Crippen molar-refractivity contribution in [3.63, 3.8) is 0 Å². The molecule has 33 heavy (non-hydrogen) atoms. The van der Waals surface area contributed by atoms with Crippen LogP contribution in [0, 0.1) is 16.7 Å². The molecular formula is C26H37N3O4. The third kappa shape index (κ3) is 4.52. The first-order valence-corrected chi connectivity index (χ1v) is 12.0. The van der Waals surface area contributed by atoms with E-state index in [-0.39, 0.29) is 35.6 Å². The van der Waals surface area contributed by atoms with Crippen LogP contribution in [0.5, 0.6) is 11.5 Å². The number of methoxy groups -OCH3 is 1. The Balaban J connectivity index is 1.39. The van der Waals surface area contributed by atoms with Crippen molar-refractivity contribution in [1.82, 2.24) is 4.90 Å². The van der Waals surface area contributed by atoms with Crippen LogP contribution in [0.4, 0.5) is 0 Å². The molecule has 4 rings (SSSR count). The van der Waals surface area contributed by atoms with Gasteiger partial charge in [-0.3, -0.25) is 4.79 Å². The maximum atomic E-state index is 12.6. The van der Waals surface area contributed by atoms with E-state index in [0.29, 0.717) is 30.5 Å². The monoisotopic (exact) mass is 455 g/mol. The van der Waals surface area contributed by atoms with E-state index >= 15 is 0 Å². The Hall–Kier alpha value is -2.41. The highest BCUT2D eigenvalue weighted by molar-refractivity contribution is 5.94. The summed E-state index contributed by atoms with van der Waals surface area (Å²) in [5, 5.41) is 9.03. The molecule has 1 aromatic rings. The Morgan fingerprint density at radius 3 is 2.55 bits per heavy atom. The first kappa shape index (κ1) is 23.7. The predicted molar refractivity (Wildman–Crippen MR) is 129 cm³/mol. The third-order valence-corrected chi connectivity index (χ3v) is 8.21. The van der Waals surface area contributed by atoms with Gasteiger partial charge in [0.1, 0.15) is 0 Å². The zero-order chi connectivity index (χ0) is 23.8. The number of morpholine rings is 1. The Morgan fingerprint density at radius 1 is 1.21 bits per heavy atom. The van der Waals surface area contributed by atoms with E-state index in [0.717, 1.165) is 12.0 Å². The van der Waals surface area contributed by atoms with Crippen LogP contribution in [0.15, 0.2) is 28.4 Å². The average Bonchev–Trinajstić information content (AvgIpc) is 3.10. The lowest BCUT2D eigenvalue weighted by molar-refractivity contribution is -0.145. The molecule has 3 fully saturated rings. The Kier molecular flexibility index (Phi) is 6.54. The fourth-order valence-electron chi connectivity index (χ4n) is 5.74. The maximum Gasteiger partial charge on any atom is 0.260 e. The highest BCUT2D eigenvalue weighted by Gasteiger charge is 2.60. The van der Waals surface area contributed by atoms with Gasteiger partial charge in [-0.25, -0.2) is 0 Å². The number of benzene rings is 1. The lowest BCUT2D eigenvalue weighted by Gasteiger charge is -2.35. The van der Waals surface area contributed by atoms with Crippen molar-refractivity contribution in [3.8, 4) is 11.5 Å². The van der Waals surface area contributed by atoms with Crippen LogP contribution in [-0.2, 0) is 9.53 Å². The standard InChI is InChI=1S/C26H37N3O4/c1-17-14-29(15-18(2)33-17)24(30)16-32-21-8-7-19(11-22(21)31-6)13-27-28-23-12-20-9-10-26(23,5)25(20,3)4/h7-8,11,13,17-18,20H,9-10,12,14-16H2,1-6H3/b27-13-,28-23+/t17-,18-,20-,26-/m0/s1. The van der Waals surface area contributed by atoms with Gasteiger partial charge in [-0.2, -0.15) is 10.2 Å². The molecule has 7 nitrogen and oxygen atoms in total. The van der Waals surface area contributed by atoms with Crippen molar-refractivity contribution in [2.45, 2.75) is 66.1 Å². The normalized spacial score (nSPS) is 32.0. The molecular weight excluding hydrogens is 418 g/mol. The van der Waals surface area contributed by atoms with Crippen LogP contribution in [-0.4, -0.2) is 61.7 Å². The summed E-state index contributed by atoms with van der Waals surface area (Å²) in [5.74, 6) is 1.75. The molecule has 1 heterocycles. The number of ether oxygens (including phenoxy) is 3. The van der Waals surface area contributed by atoms with Crippen LogP contribution >= 0.6 is 0 Å². The van der Waals surface area contributed by atoms with Gasteiger partial charge in [-0.05, 0) is 68.2 Å². The van der Waals surface area contributed by atoms with E-state index in [9.17, 15) is 4.79 Å². The van der Waals surface area contributed by atoms with Crippen LogP contribution in [0.3, 0.4) is 0 Å². The van der Waals surface area contributed by atoms with E-state index in [2.05, 4.69) is 31.0 Å². The van der Waals surface area contributed by atoms with Gasteiger partial charge in [0.05, 0.1) is 25.5 Å². The van der Waals surface area contributed by atoms with Crippen LogP contribution in [0.25, 0.3) is 0 Å². The largest absolute Gasteiger partial charge is 0.493 e. The Labute approximate surface area is 197 Å². The van der Waals surface area contributed by atoms with Gasteiger partial charge < -0.3 is 19.1 Å². The summed E-state index contributed by atoms with van der Waals surface area (Å²) in [5.41, 5.74) is 2.53. The molecule has 0 spiro atoms. The Morgan fingerprint density at radius 2 is 1.94 bits per heavy atom. The summed E-state index contributed by atoms with van der Waals surface area (Å²) >= 11 is 0. The van der Waals surface area contributed by atoms with Crippen molar-refractivity contribution in [2.24, 2.45) is 27.0 Å². The van der Waals surface area contributed by atoms with Gasteiger partial charge in [-0.15, -0.1) is 0 Å². The van der Waals surface area contributed by atoms with E-state index in [1.165, 1.54) is 18.6 Å². The van der Waals surface area contributed by atoms with Crippen molar-refractivity contribution in [1.29, 1.82) is 0 Å². The zero-order valence-corrected chi connectivity index (χ0v) is 20.8. The smallest absolute Gasteiger partial charge is 0.260 e. The minimum Gasteiger partial charge on any atom is -0.493 e. The zero-order valence-electron chi connectivity index (χ0n) is 20.8. The van der Waals surface area contributed by atoms with Crippen molar-refractivity contribution >= 4 is 17.8 Å². The minimum absolute atomic E-state index is 0.0300. The van der Waals surface area contributed by atoms with Gasteiger partial charge in [-0.1, -0.05) is 20.8 Å². The molecule has 2 bridgehead atoms. The summed E-state index contributed by atoms with van der Waals surface area (Å²) in [7, 11) is 1.59. The maximum absolute atomic E-state index is 12.6. The topological polar surface area (TPSA) is 72.7 Å². The van der Waals surface area contributed by atoms with Crippen molar-refractivity contribution in [3.05, 3.63) is 23.8 Å². The SMILES string of the molecule is COc1cc(/C=N\N=C2/C[C@@H]3CC[C@]2(C)C3(C)C)ccc1OCC(=O)N1C[C@H](C)O[C@@H](C)C1. The molecule has 0 radical (unpaired) electrons. The van der Waals surface area contributed by atoms with Gasteiger partial charge >= 0.3 is 0 Å². The lowest BCUT2D eigenvalue weighted by Crippen LogP contribution is -2.49. The predicted octanol–water partition coefficient (Wildman–Crippen LogP) is 4.33. The fraction of sp³-hybridized carbons (Fsp3) is 0.654. The lowest BCUT2D eigenvalue weighted by atomic mass is 9.70. The molecule has 4 atom stereocenters. The summed E-state index contributed by atoms with van der Waals surface area (Å²) < 4.78 is 17.0. The number of hydrogen-bond acceptors (Lipinski definition) is 6. The minimum atomic E-state index is -0.0530. The summed E-state index contributed by atoms with van der Waals surface area (Å²) in [6.45, 7) is 12.1. The number of rotatable bonds is 6. The molecule has 0 aromatic heterocycles. The summed E-state index contributed by atoms with van der Waals surface area (Å²) in [6, 6.07) is 5.57. The second-order valence-electron chi connectivity index (χ2n) is 10.5. The summed E-state index contributed by atoms with van der Waals surface area (Å²) in [6.07, 6.45) is 5.34. The third-order valence-electron chi connectivity index (χ3n) is 8.21. The molecule has 3 aliphatic rings. The van der Waals surface area contributed by atoms with Crippen molar-refractivity contribution in [2.75, 3.05) is 26.8 Å². The van der Waals surface area contributed by atoms with Gasteiger partial charge in [0.25, 0.3) is 5.91 Å². The van der Waals surface area contributed by atoms with Crippen LogP contribution in [0.2, 0.25) is 0 Å². The quantitative estimate of drug-likeness (QED) is 0.473. The molecule has 1 amide bonds. The van der Waals surface area contributed by atoms with Crippen LogP contribution in [0.1, 0.15) is 59.4 Å². The van der Waals surface area contributed by atoms with E-state index in [1.54, 1.807) is 18.2 Å². The number of carbonyl (C=O) groups excluding carboxylic acids is 1. The number of carbonyl (C=O) groups is 1. The highest BCUT2D eigenvalue weighted by atomic mass is 16.5. The van der Waals surface area contributed by atoms with Gasteiger partial charge in [0.15, 0.2) is 18.1 Å². The van der Waals surface area contributed by atoms with Crippen molar-refractivity contribution < 1.29 is 19.0 Å². The molecule has 2 saturated carbocycles. The second kappa shape index (κ2) is 9.09. The number of fused-ring (bicyclic) bond motifs is 2. The fourth-order valence-corrected chi connectivity index (χ4v) is 5.74. The van der Waals surface area contributed by atoms with Crippen LogP contribution < -0.4 is 9.47 Å². The molecule has 1 aliphatic heterocycles. The first-order valence-electron chi connectivity index (χ1n) is 12.0. The molecule has 1 aromatic carbocycles. The molecule has 7 heteroatoms. The average molecular weight is 456 g/mol. The molecule has 2 aliphatic carbocycles.